The second-order valence-corrected chi connectivity index (χ2v) is 7.63. The molecule has 1 heterocycles. The van der Waals surface area contributed by atoms with Crippen LogP contribution >= 0.6 is 0 Å². The minimum absolute atomic E-state index is 0.0725. The number of cyclic esters (lactones) is 1. The molecule has 0 spiro atoms. The van der Waals surface area contributed by atoms with E-state index in [4.69, 9.17) is 15.1 Å². The summed E-state index contributed by atoms with van der Waals surface area (Å²) in [6, 6.07) is 6.66. The molecule has 4 N–H and O–H groups in total. The Bertz CT molecular complexity index is 800. The molecule has 0 radical (unpaired) electrons. The zero-order valence-electron chi connectivity index (χ0n) is 14.7. The molecular formula is C17H20N2O7S. The van der Waals surface area contributed by atoms with Crippen LogP contribution in [0.2, 0.25) is 0 Å². The van der Waals surface area contributed by atoms with Crippen LogP contribution in [0, 0.1) is 11.8 Å². The van der Waals surface area contributed by atoms with Gasteiger partial charge in [0.05, 0.1) is 6.54 Å². The third-order valence-corrected chi connectivity index (χ3v) is 5.19. The van der Waals surface area contributed by atoms with Gasteiger partial charge in [-0.15, -0.1) is 0 Å². The van der Waals surface area contributed by atoms with Crippen molar-refractivity contribution in [3.05, 3.63) is 29.8 Å². The first-order chi connectivity index (χ1) is 12.7. The zero-order chi connectivity index (χ0) is 20.2. The van der Waals surface area contributed by atoms with Crippen LogP contribution in [0.1, 0.15) is 25.8 Å². The Hall–Kier alpha value is -2.45. The van der Waals surface area contributed by atoms with Gasteiger partial charge in [0.1, 0.15) is 12.2 Å². The number of hydroxylamine groups is 1. The summed E-state index contributed by atoms with van der Waals surface area (Å²) in [5, 5.41) is 18.0. The molecule has 1 aromatic rings. The van der Waals surface area contributed by atoms with Crippen LogP contribution in [0.4, 0.5) is 10.5 Å². The standard InChI is InChI=1S/C17H20N2O7S/c1-11(20)3-4-12-5-7-13(8-6-12)19-10-14(26-16(19)22)9-17(2,27(24)25)15(21)18-23/h5-8,11,14,20,23H,9-10H2,1-2H3,(H,18,21)(H,24,25)/t11?,14-,17+/m0/s1. The van der Waals surface area contributed by atoms with Gasteiger partial charge in [-0.3, -0.25) is 14.9 Å². The molecule has 10 heteroatoms. The third kappa shape index (κ3) is 4.84. The molecule has 2 amide bonds. The van der Waals surface area contributed by atoms with Crippen LogP contribution in [0.15, 0.2) is 24.3 Å². The van der Waals surface area contributed by atoms with Crippen LogP contribution < -0.4 is 10.4 Å². The number of nitrogens with zero attached hydrogens (tertiary/aromatic N) is 1. The van der Waals surface area contributed by atoms with Crippen molar-refractivity contribution in [3.63, 3.8) is 0 Å². The average Bonchev–Trinajstić information content (AvgIpc) is 2.99. The van der Waals surface area contributed by atoms with E-state index in [0.717, 1.165) is 0 Å². The van der Waals surface area contributed by atoms with E-state index in [2.05, 4.69) is 11.8 Å². The zero-order valence-corrected chi connectivity index (χ0v) is 15.5. The molecule has 1 aliphatic heterocycles. The largest absolute Gasteiger partial charge is 0.444 e. The highest BCUT2D eigenvalue weighted by molar-refractivity contribution is 7.81. The van der Waals surface area contributed by atoms with Crippen molar-refractivity contribution >= 4 is 28.8 Å². The monoisotopic (exact) mass is 396 g/mol. The second-order valence-electron chi connectivity index (χ2n) is 6.23. The lowest BCUT2D eigenvalue weighted by Crippen LogP contribution is -2.49. The van der Waals surface area contributed by atoms with Crippen molar-refractivity contribution in [3.8, 4) is 11.8 Å². The number of carbonyl (C=O) groups is 2. The van der Waals surface area contributed by atoms with Gasteiger partial charge in [-0.05, 0) is 38.1 Å². The number of rotatable bonds is 5. The Kier molecular flexibility index (Phi) is 6.56. The lowest BCUT2D eigenvalue weighted by molar-refractivity contribution is -0.132. The normalized spacial score (nSPS) is 20.7. The molecule has 1 saturated heterocycles. The summed E-state index contributed by atoms with van der Waals surface area (Å²) in [6.45, 7) is 2.82. The first-order valence-electron chi connectivity index (χ1n) is 8.00. The van der Waals surface area contributed by atoms with E-state index in [9.17, 15) is 18.4 Å². The maximum Gasteiger partial charge on any atom is 0.414 e. The summed E-state index contributed by atoms with van der Waals surface area (Å²) in [7, 11) is 0. The van der Waals surface area contributed by atoms with Gasteiger partial charge in [0.25, 0.3) is 5.91 Å². The molecule has 0 aliphatic carbocycles. The topological polar surface area (TPSA) is 136 Å². The predicted octanol–water partition coefficient (Wildman–Crippen LogP) is 0.620. The Morgan fingerprint density at radius 3 is 2.63 bits per heavy atom. The summed E-state index contributed by atoms with van der Waals surface area (Å²) in [5.74, 6) is 4.35. The van der Waals surface area contributed by atoms with E-state index in [1.54, 1.807) is 31.2 Å². The molecule has 4 atom stereocenters. The van der Waals surface area contributed by atoms with Crippen molar-refractivity contribution in [2.75, 3.05) is 11.4 Å². The molecule has 27 heavy (non-hydrogen) atoms. The van der Waals surface area contributed by atoms with E-state index in [1.165, 1.54) is 17.3 Å². The van der Waals surface area contributed by atoms with Crippen LogP contribution in [0.5, 0.6) is 0 Å². The first kappa shape index (κ1) is 20.9. The molecular weight excluding hydrogens is 376 g/mol. The number of nitrogens with one attached hydrogen (secondary N) is 1. The number of benzene rings is 1. The Morgan fingerprint density at radius 2 is 2.11 bits per heavy atom. The van der Waals surface area contributed by atoms with Crippen molar-refractivity contribution in [1.82, 2.24) is 5.48 Å². The Balaban J connectivity index is 2.12. The van der Waals surface area contributed by atoms with E-state index < -0.39 is 40.0 Å². The fourth-order valence-electron chi connectivity index (χ4n) is 2.55. The number of aliphatic hydroxyl groups excluding tert-OH is 1. The summed E-state index contributed by atoms with van der Waals surface area (Å²) >= 11 is -2.59. The van der Waals surface area contributed by atoms with Crippen molar-refractivity contribution < 1.29 is 33.4 Å². The third-order valence-electron chi connectivity index (χ3n) is 4.06. The van der Waals surface area contributed by atoms with Gasteiger partial charge < -0.3 is 14.4 Å². The molecule has 0 aromatic heterocycles. The van der Waals surface area contributed by atoms with Crippen LogP contribution in [-0.4, -0.2) is 54.6 Å². The van der Waals surface area contributed by atoms with Gasteiger partial charge in [0.2, 0.25) is 0 Å². The van der Waals surface area contributed by atoms with Gasteiger partial charge in [0.15, 0.2) is 15.8 Å². The highest BCUT2D eigenvalue weighted by atomic mass is 32.2. The highest BCUT2D eigenvalue weighted by Gasteiger charge is 2.45. The highest BCUT2D eigenvalue weighted by Crippen LogP contribution is 2.28. The van der Waals surface area contributed by atoms with Gasteiger partial charge in [-0.1, -0.05) is 11.8 Å². The van der Waals surface area contributed by atoms with E-state index in [-0.39, 0.29) is 13.0 Å². The van der Waals surface area contributed by atoms with Crippen LogP contribution in [0.25, 0.3) is 0 Å². The van der Waals surface area contributed by atoms with Crippen LogP contribution in [-0.2, 0) is 20.6 Å². The molecule has 1 aliphatic rings. The molecule has 0 saturated carbocycles. The van der Waals surface area contributed by atoms with Gasteiger partial charge in [0, 0.05) is 17.7 Å². The van der Waals surface area contributed by atoms with Crippen molar-refractivity contribution in [1.29, 1.82) is 0 Å². The number of anilines is 1. The Labute approximate surface area is 158 Å². The minimum Gasteiger partial charge on any atom is -0.444 e. The number of aliphatic hydroxyl groups is 1. The van der Waals surface area contributed by atoms with Gasteiger partial charge in [-0.25, -0.2) is 14.5 Å². The summed E-state index contributed by atoms with van der Waals surface area (Å²) in [6.07, 6.45) is -2.46. The predicted molar refractivity (Wildman–Crippen MR) is 96.3 cm³/mol. The molecule has 1 aromatic carbocycles. The molecule has 146 valence electrons. The Morgan fingerprint density at radius 1 is 1.48 bits per heavy atom. The average molecular weight is 396 g/mol. The van der Waals surface area contributed by atoms with Gasteiger partial charge in [-0.2, -0.15) is 0 Å². The van der Waals surface area contributed by atoms with E-state index >= 15 is 0 Å². The number of hydrogen-bond donors (Lipinski definition) is 4. The fraction of sp³-hybridized carbons (Fsp3) is 0.412. The number of hydrogen-bond acceptors (Lipinski definition) is 6. The van der Waals surface area contributed by atoms with Crippen LogP contribution in [0.3, 0.4) is 0 Å². The molecule has 0 bridgehead atoms. The van der Waals surface area contributed by atoms with Gasteiger partial charge >= 0.3 is 6.09 Å². The second kappa shape index (κ2) is 8.49. The SMILES string of the molecule is CC(O)C#Cc1ccc(N2C[C@H](C[C@](C)(C(=O)NO)S(=O)O)OC2=O)cc1. The lowest BCUT2D eigenvalue weighted by Gasteiger charge is -2.25. The summed E-state index contributed by atoms with van der Waals surface area (Å²) in [5.41, 5.74) is 2.55. The molecule has 2 rings (SSSR count). The first-order valence-corrected chi connectivity index (χ1v) is 9.11. The lowest BCUT2D eigenvalue weighted by atomic mass is 10.0. The smallest absolute Gasteiger partial charge is 0.414 e. The minimum atomic E-state index is -2.59. The molecule has 1 fully saturated rings. The number of carbonyl (C=O) groups excluding carboxylic acids is 2. The quantitative estimate of drug-likeness (QED) is 0.248. The molecule has 2 unspecified atom stereocenters. The number of amides is 2. The van der Waals surface area contributed by atoms with E-state index in [1.807, 2.05) is 0 Å². The van der Waals surface area contributed by atoms with Crippen molar-refractivity contribution in [2.24, 2.45) is 0 Å². The molecule has 9 nitrogen and oxygen atoms in total. The maximum absolute atomic E-state index is 12.1. The fourth-order valence-corrected chi connectivity index (χ4v) is 3.08. The number of ether oxygens (including phenoxy) is 1. The van der Waals surface area contributed by atoms with Crippen molar-refractivity contribution in [2.45, 2.75) is 37.2 Å². The van der Waals surface area contributed by atoms with E-state index in [0.29, 0.717) is 11.3 Å². The summed E-state index contributed by atoms with van der Waals surface area (Å²) in [4.78, 5) is 25.2. The summed E-state index contributed by atoms with van der Waals surface area (Å²) < 4.78 is 24.3. The maximum atomic E-state index is 12.1.